The molecule has 1 spiro atoms. The maximum absolute atomic E-state index is 14.5. The molecule has 3 aliphatic rings. The molecule has 8 nitrogen and oxygen atoms in total. The van der Waals surface area contributed by atoms with Crippen LogP contribution in [0.1, 0.15) is 32.3 Å². The number of halogens is 2. The SMILES string of the molecule is C=CCN(C(=O)C1N([C@@H](CC)CO)C(=O)[C@@H]2[C@H](C(=O)OCC)[C@H]3OC12CC3Br)c1c(C)cccc1Cl. The summed E-state index contributed by atoms with van der Waals surface area (Å²) in [5.74, 6) is -3.01. The van der Waals surface area contributed by atoms with Crippen LogP contribution in [0.3, 0.4) is 0 Å². The molecule has 7 atom stereocenters. The first-order chi connectivity index (χ1) is 17.2. The summed E-state index contributed by atoms with van der Waals surface area (Å²) < 4.78 is 11.8. The number of likely N-dealkylation sites (tertiary alicyclic amines) is 1. The van der Waals surface area contributed by atoms with Crippen LogP contribution in [-0.2, 0) is 23.9 Å². The number of rotatable bonds is 9. The molecule has 36 heavy (non-hydrogen) atoms. The summed E-state index contributed by atoms with van der Waals surface area (Å²) in [4.78, 5) is 44.3. The van der Waals surface area contributed by atoms with E-state index in [0.717, 1.165) is 5.56 Å². The van der Waals surface area contributed by atoms with Gasteiger partial charge in [-0.1, -0.05) is 52.7 Å². The zero-order valence-electron chi connectivity index (χ0n) is 20.7. The number of esters is 1. The van der Waals surface area contributed by atoms with E-state index >= 15 is 0 Å². The largest absolute Gasteiger partial charge is 0.466 e. The molecule has 4 rings (SSSR count). The number of alkyl halides is 1. The van der Waals surface area contributed by atoms with Crippen LogP contribution in [0.25, 0.3) is 0 Å². The lowest BCUT2D eigenvalue weighted by Crippen LogP contribution is -2.59. The van der Waals surface area contributed by atoms with Gasteiger partial charge in [0, 0.05) is 11.4 Å². The van der Waals surface area contributed by atoms with Crippen molar-refractivity contribution in [1.29, 1.82) is 0 Å². The second-order valence-corrected chi connectivity index (χ2v) is 11.1. The number of ether oxygens (including phenoxy) is 2. The Hall–Kier alpha value is -1.94. The van der Waals surface area contributed by atoms with Crippen LogP contribution < -0.4 is 4.90 Å². The number of fused-ring (bicyclic) bond motifs is 1. The van der Waals surface area contributed by atoms with Gasteiger partial charge in [-0.05, 0) is 38.3 Å². The highest BCUT2D eigenvalue weighted by Gasteiger charge is 2.77. The molecule has 3 aliphatic heterocycles. The first-order valence-electron chi connectivity index (χ1n) is 12.3. The summed E-state index contributed by atoms with van der Waals surface area (Å²) in [6, 6.07) is 3.68. The van der Waals surface area contributed by atoms with Gasteiger partial charge in [-0.25, -0.2) is 0 Å². The number of carbonyl (C=O) groups excluding carboxylic acids is 3. The number of aryl methyl sites for hydroxylation is 1. The van der Waals surface area contributed by atoms with Crippen molar-refractivity contribution in [2.45, 2.75) is 62.2 Å². The topological polar surface area (TPSA) is 96.4 Å². The highest BCUT2D eigenvalue weighted by molar-refractivity contribution is 9.09. The summed E-state index contributed by atoms with van der Waals surface area (Å²) in [5, 5.41) is 10.6. The van der Waals surface area contributed by atoms with Gasteiger partial charge in [0.2, 0.25) is 5.91 Å². The van der Waals surface area contributed by atoms with E-state index in [0.29, 0.717) is 23.6 Å². The minimum Gasteiger partial charge on any atom is -0.466 e. The van der Waals surface area contributed by atoms with E-state index in [9.17, 15) is 19.5 Å². The highest BCUT2D eigenvalue weighted by atomic mass is 79.9. The number of aliphatic hydroxyl groups excluding tert-OH is 1. The van der Waals surface area contributed by atoms with Crippen LogP contribution >= 0.6 is 27.5 Å². The van der Waals surface area contributed by atoms with Crippen molar-refractivity contribution in [2.24, 2.45) is 11.8 Å². The zero-order chi connectivity index (χ0) is 26.4. The summed E-state index contributed by atoms with van der Waals surface area (Å²) in [5.41, 5.74) is 0.0659. The normalized spacial score (nSPS) is 31.3. The van der Waals surface area contributed by atoms with Crippen molar-refractivity contribution in [2.75, 3.05) is 24.7 Å². The Morgan fingerprint density at radius 1 is 1.44 bits per heavy atom. The molecule has 0 radical (unpaired) electrons. The Labute approximate surface area is 224 Å². The molecule has 1 aromatic carbocycles. The molecule has 10 heteroatoms. The molecule has 0 saturated carbocycles. The van der Waals surface area contributed by atoms with E-state index in [2.05, 4.69) is 22.5 Å². The average molecular weight is 584 g/mol. The van der Waals surface area contributed by atoms with E-state index < -0.39 is 47.5 Å². The summed E-state index contributed by atoms with van der Waals surface area (Å²) in [6.07, 6.45) is 1.79. The molecular formula is C26H32BrClN2O6. The van der Waals surface area contributed by atoms with E-state index in [4.69, 9.17) is 21.1 Å². The Kier molecular flexibility index (Phi) is 7.86. The molecule has 3 fully saturated rings. The van der Waals surface area contributed by atoms with Gasteiger partial charge in [-0.2, -0.15) is 0 Å². The van der Waals surface area contributed by atoms with Crippen molar-refractivity contribution >= 4 is 51.0 Å². The third-order valence-electron chi connectivity index (χ3n) is 7.63. The van der Waals surface area contributed by atoms with Gasteiger partial charge in [0.15, 0.2) is 0 Å². The fraction of sp³-hybridized carbons (Fsp3) is 0.577. The van der Waals surface area contributed by atoms with Crippen molar-refractivity contribution in [3.05, 3.63) is 41.4 Å². The molecule has 3 saturated heterocycles. The quantitative estimate of drug-likeness (QED) is 0.272. The fourth-order valence-corrected chi connectivity index (χ4v) is 7.46. The van der Waals surface area contributed by atoms with E-state index in [1.165, 1.54) is 9.80 Å². The third-order valence-corrected chi connectivity index (χ3v) is 8.78. The molecule has 0 aromatic heterocycles. The predicted octanol–water partition coefficient (Wildman–Crippen LogP) is 3.25. The highest BCUT2D eigenvalue weighted by Crippen LogP contribution is 2.61. The summed E-state index contributed by atoms with van der Waals surface area (Å²) >= 11 is 10.2. The van der Waals surface area contributed by atoms with Gasteiger partial charge >= 0.3 is 5.97 Å². The first kappa shape index (κ1) is 27.1. The fourth-order valence-electron chi connectivity index (χ4n) is 6.19. The number of benzene rings is 1. The summed E-state index contributed by atoms with van der Waals surface area (Å²) in [7, 11) is 0. The molecule has 3 unspecified atom stereocenters. The molecule has 2 amide bonds. The van der Waals surface area contributed by atoms with Crippen molar-refractivity contribution in [1.82, 2.24) is 4.90 Å². The number of carbonyl (C=O) groups is 3. The molecule has 2 bridgehead atoms. The number of anilines is 1. The van der Waals surface area contributed by atoms with E-state index in [1.807, 2.05) is 19.9 Å². The average Bonchev–Trinajstić information content (AvgIpc) is 3.43. The smallest absolute Gasteiger partial charge is 0.312 e. The Bertz CT molecular complexity index is 1040. The maximum atomic E-state index is 14.5. The van der Waals surface area contributed by atoms with Crippen LogP contribution in [0, 0.1) is 18.8 Å². The number of aliphatic hydroxyl groups is 1. The number of amides is 2. The maximum Gasteiger partial charge on any atom is 0.312 e. The van der Waals surface area contributed by atoms with Crippen molar-refractivity contribution in [3.63, 3.8) is 0 Å². The van der Waals surface area contributed by atoms with Gasteiger partial charge in [0.25, 0.3) is 5.91 Å². The lowest BCUT2D eigenvalue weighted by Gasteiger charge is -2.39. The molecule has 1 N–H and O–H groups in total. The number of hydrogen-bond donors (Lipinski definition) is 1. The monoisotopic (exact) mass is 582 g/mol. The van der Waals surface area contributed by atoms with Crippen LogP contribution in [0.15, 0.2) is 30.9 Å². The van der Waals surface area contributed by atoms with E-state index in [1.54, 1.807) is 25.1 Å². The second kappa shape index (κ2) is 10.4. The van der Waals surface area contributed by atoms with Gasteiger partial charge < -0.3 is 24.4 Å². The second-order valence-electron chi connectivity index (χ2n) is 9.55. The van der Waals surface area contributed by atoms with Crippen LogP contribution in [-0.4, -0.2) is 76.2 Å². The minimum atomic E-state index is -1.25. The van der Waals surface area contributed by atoms with Gasteiger partial charge in [-0.3, -0.25) is 14.4 Å². The molecular weight excluding hydrogens is 552 g/mol. The number of nitrogens with zero attached hydrogens (tertiary/aromatic N) is 2. The van der Waals surface area contributed by atoms with Gasteiger partial charge in [-0.15, -0.1) is 6.58 Å². The zero-order valence-corrected chi connectivity index (χ0v) is 23.0. The molecule has 3 heterocycles. The van der Waals surface area contributed by atoms with Crippen molar-refractivity contribution < 1.29 is 29.0 Å². The lowest BCUT2D eigenvalue weighted by atomic mass is 9.70. The number of hydrogen-bond acceptors (Lipinski definition) is 6. The standard InChI is InChI=1S/C26H32BrClN2O6/c1-5-11-29(20-14(4)9-8-10-17(20)28)24(33)22-26-12-16(27)21(36-26)18(25(34)35-7-3)19(26)23(32)30(22)15(6-2)13-31/h5,8-10,15-16,18-19,21-22,31H,1,6-7,11-13H2,2-4H3/t15-,16?,18-,19-,21-,22?,26?/m0/s1. The minimum absolute atomic E-state index is 0.154. The Balaban J connectivity index is 1.87. The third kappa shape index (κ3) is 3.99. The molecule has 1 aromatic rings. The predicted molar refractivity (Wildman–Crippen MR) is 139 cm³/mol. The molecule has 196 valence electrons. The van der Waals surface area contributed by atoms with Crippen LogP contribution in [0.4, 0.5) is 5.69 Å². The van der Waals surface area contributed by atoms with Crippen LogP contribution in [0.2, 0.25) is 5.02 Å². The van der Waals surface area contributed by atoms with Gasteiger partial charge in [0.1, 0.15) is 11.6 Å². The van der Waals surface area contributed by atoms with E-state index in [-0.39, 0.29) is 30.5 Å². The van der Waals surface area contributed by atoms with Gasteiger partial charge in [0.05, 0.1) is 47.9 Å². The first-order valence-corrected chi connectivity index (χ1v) is 13.6. The summed E-state index contributed by atoms with van der Waals surface area (Å²) in [6.45, 7) is 9.22. The molecule has 0 aliphatic carbocycles. The Morgan fingerprint density at radius 3 is 2.75 bits per heavy atom. The van der Waals surface area contributed by atoms with Crippen LogP contribution in [0.5, 0.6) is 0 Å². The number of para-hydroxylation sites is 1. The van der Waals surface area contributed by atoms with Crippen molar-refractivity contribution in [3.8, 4) is 0 Å². The Morgan fingerprint density at radius 2 is 2.17 bits per heavy atom. The lowest BCUT2D eigenvalue weighted by molar-refractivity contribution is -0.155.